The molecule has 1 atom stereocenters. The SMILES string of the molecule is C[Si](C)=[Ti+2]([PH]c1ccccc1)[C]1=CC=CC1.[Cl-].[Cl-]. The molecule has 2 rings (SSSR count). The molecule has 0 nitrogen and oxygen atoms in total. The standard InChI is InChI=1S/C6H6P.C5H5.C2H6Si.2ClH.Ti/c7-6-4-2-1-3-5-6;1-2-4-5-3-1;1-3-2;;;/h1-5,7H;1-3H,4H2;1-2H3;2*1H;/q-1;;;;;+3/p-2. The van der Waals surface area contributed by atoms with Crippen molar-refractivity contribution in [2.24, 2.45) is 0 Å². The summed E-state index contributed by atoms with van der Waals surface area (Å²) < 4.78 is 1.82. The molecule has 96 valence electrons. The smallest absolute Gasteiger partial charge is 1.00 e. The van der Waals surface area contributed by atoms with Crippen molar-refractivity contribution in [3.05, 3.63) is 52.4 Å². The van der Waals surface area contributed by atoms with Crippen LogP contribution in [0, 0.1) is 0 Å². The van der Waals surface area contributed by atoms with Crippen LogP contribution >= 0.6 is 6.57 Å². The normalized spacial score (nSPS) is 12.4. The Balaban J connectivity index is 0.00000144. The predicted octanol–water partition coefficient (Wildman–Crippen LogP) is -2.37. The monoisotopic (exact) mass is 350 g/mol. The maximum Gasteiger partial charge on any atom is -1.00 e. The second-order valence-corrected chi connectivity index (χ2v) is 21.2. The van der Waals surface area contributed by atoms with Gasteiger partial charge in [-0.05, 0) is 0 Å². The van der Waals surface area contributed by atoms with Crippen molar-refractivity contribution < 1.29 is 40.9 Å². The molecule has 1 aromatic carbocycles. The van der Waals surface area contributed by atoms with Crippen LogP contribution in [-0.4, -0.2) is 6.19 Å². The zero-order valence-corrected chi connectivity index (χ0v) is 15.7. The fourth-order valence-electron chi connectivity index (χ4n) is 1.82. The van der Waals surface area contributed by atoms with Gasteiger partial charge in [-0.1, -0.05) is 0 Å². The fraction of sp³-hybridized carbons (Fsp3) is 0.231. The second kappa shape index (κ2) is 9.53. The predicted molar refractivity (Wildman–Crippen MR) is 73.7 cm³/mol. The molecule has 0 amide bonds. The minimum atomic E-state index is -0.954. The Bertz CT molecular complexity index is 465. The van der Waals surface area contributed by atoms with Crippen molar-refractivity contribution in [3.8, 4) is 0 Å². The van der Waals surface area contributed by atoms with Crippen LogP contribution in [-0.2, 0) is 16.1 Å². The molecule has 0 spiro atoms. The van der Waals surface area contributed by atoms with Crippen LogP contribution in [0.1, 0.15) is 6.42 Å². The van der Waals surface area contributed by atoms with Crippen LogP contribution in [0.4, 0.5) is 0 Å². The van der Waals surface area contributed by atoms with Crippen molar-refractivity contribution in [1.29, 1.82) is 0 Å². The van der Waals surface area contributed by atoms with Gasteiger partial charge in [-0.15, -0.1) is 0 Å². The van der Waals surface area contributed by atoms with E-state index >= 15 is 0 Å². The molecule has 0 radical (unpaired) electrons. The third kappa shape index (κ3) is 5.33. The van der Waals surface area contributed by atoms with E-state index in [-0.39, 0.29) is 31.0 Å². The average molecular weight is 351 g/mol. The Labute approximate surface area is 130 Å². The van der Waals surface area contributed by atoms with E-state index in [1.807, 2.05) is 3.88 Å². The van der Waals surface area contributed by atoms with Gasteiger partial charge in [0.2, 0.25) is 0 Å². The first kappa shape index (κ1) is 18.6. The number of rotatable bonds is 3. The Morgan fingerprint density at radius 2 is 1.78 bits per heavy atom. The third-order valence-corrected chi connectivity index (χ3v) is 23.7. The van der Waals surface area contributed by atoms with Crippen LogP contribution in [0.3, 0.4) is 0 Å². The van der Waals surface area contributed by atoms with E-state index in [4.69, 9.17) is 0 Å². The molecule has 0 aromatic heterocycles. The number of hydrogen-bond donors (Lipinski definition) is 0. The molecule has 18 heavy (non-hydrogen) atoms. The first-order valence-corrected chi connectivity index (χ1v) is 14.6. The summed E-state index contributed by atoms with van der Waals surface area (Å²) in [6.07, 6.45) is 8.15. The van der Waals surface area contributed by atoms with Gasteiger partial charge in [0.25, 0.3) is 0 Å². The van der Waals surface area contributed by atoms with Gasteiger partial charge in [0.1, 0.15) is 0 Å². The van der Waals surface area contributed by atoms with E-state index < -0.39 is 16.1 Å². The van der Waals surface area contributed by atoms with E-state index in [0.717, 1.165) is 6.57 Å². The van der Waals surface area contributed by atoms with Crippen LogP contribution < -0.4 is 30.1 Å². The van der Waals surface area contributed by atoms with Crippen LogP contribution in [0.15, 0.2) is 52.4 Å². The van der Waals surface area contributed by atoms with Crippen molar-refractivity contribution in [3.63, 3.8) is 0 Å². The number of allylic oxidation sites excluding steroid dienone is 4. The molecular formula is C13H17Cl2PSiTi. The summed E-state index contributed by atoms with van der Waals surface area (Å²) in [5, 5.41) is 1.58. The fourth-order valence-corrected chi connectivity index (χ4v) is 17.9. The summed E-state index contributed by atoms with van der Waals surface area (Å²) in [5.41, 5.74) is 0. The van der Waals surface area contributed by atoms with Crippen molar-refractivity contribution in [2.75, 3.05) is 0 Å². The largest absolute Gasteiger partial charge is 1.00 e. The zero-order valence-electron chi connectivity index (χ0n) is 10.6. The van der Waals surface area contributed by atoms with Gasteiger partial charge in [-0.3, -0.25) is 0 Å². The molecule has 0 bridgehead atoms. The maximum atomic E-state index is 2.51. The Morgan fingerprint density at radius 1 is 1.11 bits per heavy atom. The molecule has 0 N–H and O–H groups in total. The molecule has 0 saturated heterocycles. The summed E-state index contributed by atoms with van der Waals surface area (Å²) in [4.78, 5) is 0. The average Bonchev–Trinajstić information content (AvgIpc) is 2.80. The quantitative estimate of drug-likeness (QED) is 0.422. The van der Waals surface area contributed by atoms with Gasteiger partial charge >= 0.3 is 106 Å². The molecule has 1 aliphatic carbocycles. The molecule has 1 aliphatic rings. The van der Waals surface area contributed by atoms with Crippen molar-refractivity contribution in [1.82, 2.24) is 0 Å². The van der Waals surface area contributed by atoms with Gasteiger partial charge in [-0.25, -0.2) is 0 Å². The summed E-state index contributed by atoms with van der Waals surface area (Å²) in [6, 6.07) is 11.1. The Kier molecular flexibility index (Phi) is 9.87. The summed E-state index contributed by atoms with van der Waals surface area (Å²) in [7, 11) is 0. The van der Waals surface area contributed by atoms with Crippen LogP contribution in [0.2, 0.25) is 13.1 Å². The van der Waals surface area contributed by atoms with Gasteiger partial charge in [0, 0.05) is 0 Å². The molecule has 0 fully saturated rings. The van der Waals surface area contributed by atoms with Gasteiger partial charge in [-0.2, -0.15) is 0 Å². The number of benzene rings is 1. The molecule has 1 unspecified atom stereocenters. The maximum absolute atomic E-state index is 2.51. The second-order valence-electron chi connectivity index (χ2n) is 4.19. The van der Waals surface area contributed by atoms with Gasteiger partial charge < -0.3 is 24.8 Å². The molecule has 0 saturated carbocycles. The first-order valence-electron chi connectivity index (χ1n) is 5.63. The van der Waals surface area contributed by atoms with E-state index in [9.17, 15) is 0 Å². The first-order chi connectivity index (χ1) is 7.77. The van der Waals surface area contributed by atoms with E-state index in [0.29, 0.717) is 0 Å². The summed E-state index contributed by atoms with van der Waals surface area (Å²) in [5.74, 6) is 0. The Hall–Kier alpha value is 0.641. The van der Waals surface area contributed by atoms with Crippen molar-refractivity contribution >= 4 is 18.1 Å². The van der Waals surface area contributed by atoms with E-state index in [2.05, 4.69) is 61.7 Å². The minimum absolute atomic E-state index is 0. The topological polar surface area (TPSA) is 0 Å². The Morgan fingerprint density at radius 3 is 2.28 bits per heavy atom. The zero-order chi connectivity index (χ0) is 11.4. The third-order valence-electron chi connectivity index (χ3n) is 2.64. The minimum Gasteiger partial charge on any atom is -1.00 e. The van der Waals surface area contributed by atoms with Crippen LogP contribution in [0.5, 0.6) is 0 Å². The molecule has 5 heteroatoms. The van der Waals surface area contributed by atoms with Crippen LogP contribution in [0.25, 0.3) is 0 Å². The summed E-state index contributed by atoms with van der Waals surface area (Å²) >= 11 is -0.954. The van der Waals surface area contributed by atoms with Crippen molar-refractivity contribution in [2.45, 2.75) is 19.5 Å². The summed E-state index contributed by atoms with van der Waals surface area (Å²) in [6.45, 7) is 6.13. The molecular weight excluding hydrogens is 334 g/mol. The molecule has 0 aliphatic heterocycles. The van der Waals surface area contributed by atoms with Gasteiger partial charge in [0.15, 0.2) is 0 Å². The molecule has 1 aromatic rings. The van der Waals surface area contributed by atoms with E-state index in [1.165, 1.54) is 6.42 Å². The number of hydrogen-bond acceptors (Lipinski definition) is 0. The number of halogens is 2. The van der Waals surface area contributed by atoms with E-state index in [1.54, 1.807) is 5.30 Å². The van der Waals surface area contributed by atoms with Gasteiger partial charge in [0.05, 0.1) is 0 Å². The molecule has 0 heterocycles.